The minimum absolute atomic E-state index is 0.287. The number of anilines is 1. The highest BCUT2D eigenvalue weighted by Gasteiger charge is 2.07. The van der Waals surface area contributed by atoms with Crippen LogP contribution in [0.25, 0.3) is 5.82 Å². The molecule has 102 valence electrons. The van der Waals surface area contributed by atoms with E-state index in [-0.39, 0.29) is 6.04 Å². The molecule has 0 saturated carbocycles. The molecule has 1 unspecified atom stereocenters. The molecule has 4 nitrogen and oxygen atoms in total. The summed E-state index contributed by atoms with van der Waals surface area (Å²) in [6.07, 6.45) is 7.22. The third-order valence-electron chi connectivity index (χ3n) is 3.09. The molecule has 0 aliphatic rings. The van der Waals surface area contributed by atoms with Gasteiger partial charge in [-0.15, -0.1) is 11.3 Å². The molecule has 1 atom stereocenters. The Hall–Kier alpha value is -2.14. The Bertz CT molecular complexity index is 670. The first kappa shape index (κ1) is 12.9. The van der Waals surface area contributed by atoms with Gasteiger partial charge in [0, 0.05) is 22.1 Å². The molecule has 0 spiro atoms. The topological polar surface area (TPSA) is 42.7 Å². The van der Waals surface area contributed by atoms with Crippen LogP contribution in [-0.2, 0) is 0 Å². The van der Waals surface area contributed by atoms with Crippen LogP contribution in [0.15, 0.2) is 49.2 Å². The summed E-state index contributed by atoms with van der Waals surface area (Å²) in [4.78, 5) is 11.1. The molecule has 0 aromatic carbocycles. The molecule has 5 heteroatoms. The summed E-state index contributed by atoms with van der Waals surface area (Å²) in [6.45, 7) is 4.29. The lowest BCUT2D eigenvalue weighted by molar-refractivity contribution is 0.903. The van der Waals surface area contributed by atoms with E-state index in [1.54, 1.807) is 12.5 Å². The second-order valence-electron chi connectivity index (χ2n) is 4.69. The Kier molecular flexibility index (Phi) is 3.52. The zero-order valence-electron chi connectivity index (χ0n) is 11.4. The SMILES string of the molecule is Cc1ccc(C(C)Nc2ccc(-n3ccnc3)nc2)s1. The number of nitrogens with zero attached hydrogens (tertiary/aromatic N) is 3. The lowest BCUT2D eigenvalue weighted by Crippen LogP contribution is -2.05. The molecule has 0 bridgehead atoms. The predicted octanol–water partition coefficient (Wildman–Crippen LogP) is 3.81. The van der Waals surface area contributed by atoms with Crippen LogP contribution in [0.3, 0.4) is 0 Å². The summed E-state index contributed by atoms with van der Waals surface area (Å²) in [5.41, 5.74) is 1.02. The van der Waals surface area contributed by atoms with Gasteiger partial charge in [-0.05, 0) is 38.1 Å². The molecule has 0 fully saturated rings. The van der Waals surface area contributed by atoms with Gasteiger partial charge in [-0.25, -0.2) is 9.97 Å². The van der Waals surface area contributed by atoms with Crippen LogP contribution >= 0.6 is 11.3 Å². The van der Waals surface area contributed by atoms with Crippen molar-refractivity contribution in [3.05, 3.63) is 58.9 Å². The highest BCUT2D eigenvalue weighted by Crippen LogP contribution is 2.25. The summed E-state index contributed by atoms with van der Waals surface area (Å²) in [5, 5.41) is 3.47. The molecule has 3 rings (SSSR count). The van der Waals surface area contributed by atoms with Gasteiger partial charge in [0.05, 0.1) is 17.9 Å². The minimum Gasteiger partial charge on any atom is -0.376 e. The minimum atomic E-state index is 0.287. The summed E-state index contributed by atoms with van der Waals surface area (Å²) in [7, 11) is 0. The molecule has 3 heterocycles. The number of thiophene rings is 1. The van der Waals surface area contributed by atoms with Crippen molar-refractivity contribution in [1.82, 2.24) is 14.5 Å². The largest absolute Gasteiger partial charge is 0.376 e. The Labute approximate surface area is 122 Å². The zero-order valence-corrected chi connectivity index (χ0v) is 12.3. The Morgan fingerprint density at radius 1 is 1.25 bits per heavy atom. The standard InChI is InChI=1S/C15H16N4S/c1-11-3-5-14(20-11)12(2)18-13-4-6-15(17-9-13)19-8-7-16-10-19/h3-10,12,18H,1-2H3. The predicted molar refractivity (Wildman–Crippen MR) is 82.5 cm³/mol. The fourth-order valence-electron chi connectivity index (χ4n) is 2.03. The molecule has 0 aliphatic heterocycles. The van der Waals surface area contributed by atoms with E-state index < -0.39 is 0 Å². The average Bonchev–Trinajstić information content (AvgIpc) is 3.10. The Morgan fingerprint density at radius 3 is 2.75 bits per heavy atom. The lowest BCUT2D eigenvalue weighted by Gasteiger charge is -2.13. The smallest absolute Gasteiger partial charge is 0.137 e. The van der Waals surface area contributed by atoms with E-state index in [0.717, 1.165) is 11.5 Å². The molecule has 0 saturated heterocycles. The van der Waals surface area contributed by atoms with Gasteiger partial charge < -0.3 is 5.32 Å². The number of aromatic nitrogens is 3. The zero-order chi connectivity index (χ0) is 13.9. The maximum absolute atomic E-state index is 4.44. The maximum atomic E-state index is 4.44. The van der Waals surface area contributed by atoms with E-state index >= 15 is 0 Å². The first-order valence-electron chi connectivity index (χ1n) is 6.49. The maximum Gasteiger partial charge on any atom is 0.137 e. The number of hydrogen-bond acceptors (Lipinski definition) is 4. The van der Waals surface area contributed by atoms with Crippen molar-refractivity contribution in [2.75, 3.05) is 5.32 Å². The van der Waals surface area contributed by atoms with Gasteiger partial charge in [-0.3, -0.25) is 4.57 Å². The van der Waals surface area contributed by atoms with Gasteiger partial charge in [0.25, 0.3) is 0 Å². The highest BCUT2D eigenvalue weighted by molar-refractivity contribution is 7.12. The van der Waals surface area contributed by atoms with Gasteiger partial charge >= 0.3 is 0 Å². The van der Waals surface area contributed by atoms with Crippen molar-refractivity contribution >= 4 is 17.0 Å². The third kappa shape index (κ3) is 2.72. The second kappa shape index (κ2) is 5.46. The van der Waals surface area contributed by atoms with Crippen LogP contribution in [0.1, 0.15) is 22.7 Å². The van der Waals surface area contributed by atoms with Crippen molar-refractivity contribution < 1.29 is 0 Å². The molecule has 0 amide bonds. The van der Waals surface area contributed by atoms with E-state index in [9.17, 15) is 0 Å². The van der Waals surface area contributed by atoms with Gasteiger partial charge in [0.1, 0.15) is 12.1 Å². The Balaban J connectivity index is 1.72. The Morgan fingerprint density at radius 2 is 2.15 bits per heavy atom. The first-order valence-corrected chi connectivity index (χ1v) is 7.31. The number of hydrogen-bond donors (Lipinski definition) is 1. The van der Waals surface area contributed by atoms with E-state index in [2.05, 4.69) is 41.3 Å². The van der Waals surface area contributed by atoms with Crippen LogP contribution in [0.4, 0.5) is 5.69 Å². The van der Waals surface area contributed by atoms with Crippen molar-refractivity contribution in [3.63, 3.8) is 0 Å². The lowest BCUT2D eigenvalue weighted by atomic mass is 10.2. The highest BCUT2D eigenvalue weighted by atomic mass is 32.1. The third-order valence-corrected chi connectivity index (χ3v) is 4.27. The van der Waals surface area contributed by atoms with Crippen LogP contribution in [0, 0.1) is 6.92 Å². The van der Waals surface area contributed by atoms with Crippen molar-refractivity contribution in [3.8, 4) is 5.82 Å². The molecule has 0 aliphatic carbocycles. The van der Waals surface area contributed by atoms with Crippen LogP contribution in [0.5, 0.6) is 0 Å². The number of nitrogens with one attached hydrogen (secondary N) is 1. The van der Waals surface area contributed by atoms with E-state index in [0.29, 0.717) is 0 Å². The van der Waals surface area contributed by atoms with Gasteiger partial charge in [-0.2, -0.15) is 0 Å². The summed E-state index contributed by atoms with van der Waals surface area (Å²) >= 11 is 1.82. The number of pyridine rings is 1. The molecule has 0 radical (unpaired) electrons. The molecular weight excluding hydrogens is 268 g/mol. The van der Waals surface area contributed by atoms with Crippen LogP contribution in [-0.4, -0.2) is 14.5 Å². The first-order chi connectivity index (χ1) is 9.72. The number of rotatable bonds is 4. The number of imidazole rings is 1. The second-order valence-corrected chi connectivity index (χ2v) is 6.01. The summed E-state index contributed by atoms with van der Waals surface area (Å²) in [6, 6.07) is 8.63. The molecule has 20 heavy (non-hydrogen) atoms. The van der Waals surface area contributed by atoms with Crippen molar-refractivity contribution in [1.29, 1.82) is 0 Å². The van der Waals surface area contributed by atoms with E-state index in [1.165, 1.54) is 9.75 Å². The summed E-state index contributed by atoms with van der Waals surface area (Å²) < 4.78 is 1.88. The molecule has 1 N–H and O–H groups in total. The number of aryl methyl sites for hydroxylation is 1. The van der Waals surface area contributed by atoms with E-state index in [4.69, 9.17) is 0 Å². The summed E-state index contributed by atoms with van der Waals surface area (Å²) in [5.74, 6) is 0.868. The monoisotopic (exact) mass is 284 g/mol. The van der Waals surface area contributed by atoms with Gasteiger partial charge in [0.15, 0.2) is 0 Å². The van der Waals surface area contributed by atoms with Crippen molar-refractivity contribution in [2.45, 2.75) is 19.9 Å². The van der Waals surface area contributed by atoms with E-state index in [1.807, 2.05) is 40.4 Å². The van der Waals surface area contributed by atoms with Gasteiger partial charge in [0.2, 0.25) is 0 Å². The fourth-order valence-corrected chi connectivity index (χ4v) is 2.91. The molecular formula is C15H16N4S. The van der Waals surface area contributed by atoms with Crippen molar-refractivity contribution in [2.24, 2.45) is 0 Å². The van der Waals surface area contributed by atoms with Crippen LogP contribution in [0.2, 0.25) is 0 Å². The van der Waals surface area contributed by atoms with Crippen LogP contribution < -0.4 is 5.32 Å². The molecule has 3 aromatic heterocycles. The normalized spacial score (nSPS) is 12.3. The quantitative estimate of drug-likeness (QED) is 0.792. The molecule has 3 aromatic rings. The fraction of sp³-hybridized carbons (Fsp3) is 0.200. The average molecular weight is 284 g/mol. The van der Waals surface area contributed by atoms with Gasteiger partial charge in [-0.1, -0.05) is 0 Å².